The van der Waals surface area contributed by atoms with Crippen LogP contribution in [0.4, 0.5) is 11.4 Å². The van der Waals surface area contributed by atoms with Crippen molar-refractivity contribution in [2.45, 2.75) is 6.54 Å². The fraction of sp³-hybridized carbons (Fsp3) is 0.167. The van der Waals surface area contributed by atoms with E-state index in [1.165, 1.54) is 13.2 Å². The van der Waals surface area contributed by atoms with E-state index in [0.717, 1.165) is 4.88 Å². The zero-order chi connectivity index (χ0) is 13.0. The Balaban J connectivity index is 2.20. The largest absolute Gasteiger partial charge is 0.497 e. The van der Waals surface area contributed by atoms with Gasteiger partial charge in [-0.25, -0.2) is 0 Å². The predicted octanol–water partition coefficient (Wildman–Crippen LogP) is 3.28. The summed E-state index contributed by atoms with van der Waals surface area (Å²) >= 11 is 1.60. The van der Waals surface area contributed by atoms with Crippen molar-refractivity contribution in [1.29, 1.82) is 0 Å². The number of anilines is 1. The van der Waals surface area contributed by atoms with Crippen LogP contribution in [0.5, 0.6) is 5.75 Å². The van der Waals surface area contributed by atoms with Gasteiger partial charge in [0.2, 0.25) is 0 Å². The fourth-order valence-corrected chi connectivity index (χ4v) is 2.18. The van der Waals surface area contributed by atoms with Gasteiger partial charge in [-0.15, -0.1) is 11.3 Å². The van der Waals surface area contributed by atoms with Crippen molar-refractivity contribution in [3.05, 3.63) is 50.7 Å². The SMILES string of the molecule is COc1ccc([N+](=O)[O-])c(NCc2cccs2)c1. The summed E-state index contributed by atoms with van der Waals surface area (Å²) in [5.74, 6) is 0.592. The topological polar surface area (TPSA) is 64.4 Å². The maximum Gasteiger partial charge on any atom is 0.292 e. The molecule has 0 unspecified atom stereocenters. The Morgan fingerprint density at radius 2 is 2.28 bits per heavy atom. The molecule has 5 nitrogen and oxygen atoms in total. The summed E-state index contributed by atoms with van der Waals surface area (Å²) in [7, 11) is 1.53. The van der Waals surface area contributed by atoms with Crippen molar-refractivity contribution in [3.8, 4) is 5.75 Å². The van der Waals surface area contributed by atoms with Gasteiger partial charge in [0.05, 0.1) is 12.0 Å². The average molecular weight is 264 g/mol. The zero-order valence-electron chi connectivity index (χ0n) is 9.75. The highest BCUT2D eigenvalue weighted by Gasteiger charge is 2.14. The number of hydrogen-bond donors (Lipinski definition) is 1. The Hall–Kier alpha value is -2.08. The summed E-state index contributed by atoms with van der Waals surface area (Å²) in [6.07, 6.45) is 0. The van der Waals surface area contributed by atoms with Crippen LogP contribution < -0.4 is 10.1 Å². The molecule has 0 aliphatic carbocycles. The second-order valence-electron chi connectivity index (χ2n) is 3.57. The molecule has 0 atom stereocenters. The molecule has 6 heteroatoms. The summed E-state index contributed by atoms with van der Waals surface area (Å²) in [6.45, 7) is 0.561. The average Bonchev–Trinajstić information content (AvgIpc) is 2.88. The van der Waals surface area contributed by atoms with Gasteiger partial charge in [0.1, 0.15) is 11.4 Å². The third-order valence-electron chi connectivity index (χ3n) is 2.43. The normalized spacial score (nSPS) is 10.1. The molecule has 0 saturated heterocycles. The van der Waals surface area contributed by atoms with Crippen LogP contribution in [-0.2, 0) is 6.54 Å². The minimum Gasteiger partial charge on any atom is -0.497 e. The Kier molecular flexibility index (Phi) is 3.78. The van der Waals surface area contributed by atoms with Gasteiger partial charge < -0.3 is 10.1 Å². The molecule has 1 heterocycles. The Morgan fingerprint density at radius 3 is 2.89 bits per heavy atom. The quantitative estimate of drug-likeness (QED) is 0.665. The molecule has 1 N–H and O–H groups in total. The molecule has 1 aromatic carbocycles. The van der Waals surface area contributed by atoms with Gasteiger partial charge in [0, 0.05) is 23.6 Å². The van der Waals surface area contributed by atoms with E-state index in [-0.39, 0.29) is 5.69 Å². The van der Waals surface area contributed by atoms with E-state index in [1.807, 2.05) is 17.5 Å². The molecule has 2 rings (SSSR count). The molecule has 0 radical (unpaired) electrons. The van der Waals surface area contributed by atoms with E-state index in [2.05, 4.69) is 5.32 Å². The molecule has 0 bridgehead atoms. The lowest BCUT2D eigenvalue weighted by Crippen LogP contribution is -2.01. The number of ether oxygens (including phenoxy) is 1. The monoisotopic (exact) mass is 264 g/mol. The van der Waals surface area contributed by atoms with Crippen molar-refractivity contribution >= 4 is 22.7 Å². The number of nitro groups is 1. The third-order valence-corrected chi connectivity index (χ3v) is 3.31. The molecule has 0 aliphatic heterocycles. The van der Waals surface area contributed by atoms with E-state index in [4.69, 9.17) is 4.74 Å². The molecular formula is C12H12N2O3S. The molecule has 0 amide bonds. The van der Waals surface area contributed by atoms with Crippen LogP contribution in [-0.4, -0.2) is 12.0 Å². The number of benzene rings is 1. The lowest BCUT2D eigenvalue weighted by atomic mass is 10.2. The van der Waals surface area contributed by atoms with Gasteiger partial charge >= 0.3 is 0 Å². The first-order chi connectivity index (χ1) is 8.70. The first kappa shape index (κ1) is 12.4. The van der Waals surface area contributed by atoms with Crippen LogP contribution >= 0.6 is 11.3 Å². The maximum atomic E-state index is 10.9. The number of nitrogens with one attached hydrogen (secondary N) is 1. The van der Waals surface area contributed by atoms with Crippen molar-refractivity contribution in [2.75, 3.05) is 12.4 Å². The fourth-order valence-electron chi connectivity index (χ4n) is 1.54. The Morgan fingerprint density at radius 1 is 1.44 bits per heavy atom. The summed E-state index contributed by atoms with van der Waals surface area (Å²) in [5.41, 5.74) is 0.514. The summed E-state index contributed by atoms with van der Waals surface area (Å²) in [4.78, 5) is 11.6. The van der Waals surface area contributed by atoms with E-state index >= 15 is 0 Å². The van der Waals surface area contributed by atoms with Crippen LogP contribution in [0.3, 0.4) is 0 Å². The van der Waals surface area contributed by atoms with Crippen LogP contribution in [0.25, 0.3) is 0 Å². The third kappa shape index (κ3) is 2.78. The number of nitro benzene ring substituents is 1. The minimum absolute atomic E-state index is 0.0485. The van der Waals surface area contributed by atoms with E-state index in [1.54, 1.807) is 23.5 Å². The second-order valence-corrected chi connectivity index (χ2v) is 4.61. The first-order valence-corrected chi connectivity index (χ1v) is 6.17. The second kappa shape index (κ2) is 5.50. The lowest BCUT2D eigenvalue weighted by Gasteiger charge is -2.07. The Labute approximate surface area is 108 Å². The van der Waals surface area contributed by atoms with Crippen LogP contribution in [0.15, 0.2) is 35.7 Å². The molecule has 94 valence electrons. The zero-order valence-corrected chi connectivity index (χ0v) is 10.6. The molecule has 2 aromatic rings. The van der Waals surface area contributed by atoms with Crippen LogP contribution in [0.1, 0.15) is 4.88 Å². The van der Waals surface area contributed by atoms with Crippen molar-refractivity contribution in [1.82, 2.24) is 0 Å². The van der Waals surface area contributed by atoms with Crippen molar-refractivity contribution in [3.63, 3.8) is 0 Å². The highest BCUT2D eigenvalue weighted by atomic mass is 32.1. The standard InChI is InChI=1S/C12H12N2O3S/c1-17-9-4-5-12(14(15)16)11(7-9)13-8-10-3-2-6-18-10/h2-7,13H,8H2,1H3. The summed E-state index contributed by atoms with van der Waals surface area (Å²) in [5, 5.41) is 15.9. The van der Waals surface area contributed by atoms with Gasteiger partial charge in [-0.3, -0.25) is 10.1 Å². The number of nitrogens with zero attached hydrogens (tertiary/aromatic N) is 1. The van der Waals surface area contributed by atoms with Gasteiger partial charge in [0.15, 0.2) is 0 Å². The minimum atomic E-state index is -0.407. The van der Waals surface area contributed by atoms with Crippen molar-refractivity contribution in [2.24, 2.45) is 0 Å². The van der Waals surface area contributed by atoms with Gasteiger partial charge in [0.25, 0.3) is 5.69 Å². The molecule has 0 aliphatic rings. The van der Waals surface area contributed by atoms with E-state index < -0.39 is 4.92 Å². The predicted molar refractivity (Wildman–Crippen MR) is 71.3 cm³/mol. The highest BCUT2D eigenvalue weighted by Crippen LogP contribution is 2.29. The van der Waals surface area contributed by atoms with Gasteiger partial charge in [-0.05, 0) is 17.5 Å². The smallest absolute Gasteiger partial charge is 0.292 e. The number of hydrogen-bond acceptors (Lipinski definition) is 5. The van der Waals surface area contributed by atoms with Crippen LogP contribution in [0, 0.1) is 10.1 Å². The van der Waals surface area contributed by atoms with Gasteiger partial charge in [-0.2, -0.15) is 0 Å². The molecule has 18 heavy (non-hydrogen) atoms. The molecule has 1 aromatic heterocycles. The lowest BCUT2D eigenvalue weighted by molar-refractivity contribution is -0.384. The molecule has 0 saturated carbocycles. The molecule has 0 fully saturated rings. The Bertz CT molecular complexity index is 540. The first-order valence-electron chi connectivity index (χ1n) is 5.29. The number of rotatable bonds is 5. The van der Waals surface area contributed by atoms with Gasteiger partial charge in [-0.1, -0.05) is 6.07 Å². The van der Waals surface area contributed by atoms with E-state index in [0.29, 0.717) is 18.0 Å². The molecular weight excluding hydrogens is 252 g/mol. The van der Waals surface area contributed by atoms with Crippen molar-refractivity contribution < 1.29 is 9.66 Å². The number of thiophene rings is 1. The molecule has 0 spiro atoms. The van der Waals surface area contributed by atoms with Crippen LogP contribution in [0.2, 0.25) is 0 Å². The summed E-state index contributed by atoms with van der Waals surface area (Å²) in [6, 6.07) is 8.57. The summed E-state index contributed by atoms with van der Waals surface area (Å²) < 4.78 is 5.07. The maximum absolute atomic E-state index is 10.9. The van der Waals surface area contributed by atoms with E-state index in [9.17, 15) is 10.1 Å². The number of methoxy groups -OCH3 is 1. The highest BCUT2D eigenvalue weighted by molar-refractivity contribution is 7.09.